The number of halogens is 1. The third-order valence-electron chi connectivity index (χ3n) is 5.38. The molecule has 2 aromatic carbocycles. The van der Waals surface area contributed by atoms with Gasteiger partial charge in [0.2, 0.25) is 0 Å². The van der Waals surface area contributed by atoms with Gasteiger partial charge in [0.25, 0.3) is 0 Å². The molecule has 0 aromatic heterocycles. The standard InChI is InChI=1S/C29H34ClN5O/c1-6-35(29(34-23(4)30)21(2)22(3)32)15-7-8-16-36-24(5)33-20-26-12-10-14-28(18-26)27-13-9-11-25(17-27)19-31/h6,9-14,17-18,33H,1,3,5,7-8,15-16,20,32H2,2,4H3/b29-21+,34-23?. The number of rotatable bonds is 14. The highest BCUT2D eigenvalue weighted by molar-refractivity contribution is 6.64. The summed E-state index contributed by atoms with van der Waals surface area (Å²) in [5.74, 6) is 1.16. The highest BCUT2D eigenvalue weighted by atomic mass is 35.5. The van der Waals surface area contributed by atoms with Gasteiger partial charge in [-0.3, -0.25) is 0 Å². The van der Waals surface area contributed by atoms with E-state index in [2.05, 4.69) is 42.2 Å². The monoisotopic (exact) mass is 503 g/mol. The van der Waals surface area contributed by atoms with E-state index < -0.39 is 0 Å². The Morgan fingerprint density at radius 1 is 1.17 bits per heavy atom. The Balaban J connectivity index is 1.82. The molecule has 0 unspecified atom stereocenters. The molecular weight excluding hydrogens is 470 g/mol. The lowest BCUT2D eigenvalue weighted by Gasteiger charge is -2.23. The lowest BCUT2D eigenvalue weighted by atomic mass is 10.0. The molecule has 0 heterocycles. The summed E-state index contributed by atoms with van der Waals surface area (Å²) in [4.78, 5) is 6.30. The molecular formula is C29H34ClN5O. The molecule has 2 rings (SSSR count). The first-order valence-electron chi connectivity index (χ1n) is 11.7. The number of nitrogens with zero attached hydrogens (tertiary/aromatic N) is 3. The number of nitriles is 1. The Bertz CT molecular complexity index is 1190. The van der Waals surface area contributed by atoms with E-state index in [-0.39, 0.29) is 0 Å². The molecule has 0 fully saturated rings. The normalized spacial score (nSPS) is 11.7. The number of aliphatic imine (C=N–C) groups is 1. The number of nitrogens with two attached hydrogens (primary N) is 1. The molecule has 0 bridgehead atoms. The van der Waals surface area contributed by atoms with Crippen LogP contribution in [0.5, 0.6) is 0 Å². The van der Waals surface area contributed by atoms with Crippen molar-refractivity contribution in [2.45, 2.75) is 33.2 Å². The number of benzene rings is 2. The van der Waals surface area contributed by atoms with E-state index in [9.17, 15) is 0 Å². The largest absolute Gasteiger partial charge is 0.480 e. The van der Waals surface area contributed by atoms with Crippen molar-refractivity contribution in [2.75, 3.05) is 13.2 Å². The summed E-state index contributed by atoms with van der Waals surface area (Å²) in [6.07, 6.45) is 3.36. The Morgan fingerprint density at radius 2 is 1.86 bits per heavy atom. The number of allylic oxidation sites excluding steroid dienone is 1. The molecule has 0 aliphatic carbocycles. The Hall–Kier alpha value is -3.95. The van der Waals surface area contributed by atoms with Crippen molar-refractivity contribution in [2.24, 2.45) is 10.7 Å². The highest BCUT2D eigenvalue weighted by Crippen LogP contribution is 2.22. The van der Waals surface area contributed by atoms with E-state index in [0.29, 0.717) is 47.8 Å². The molecule has 6 nitrogen and oxygen atoms in total. The van der Waals surface area contributed by atoms with E-state index in [1.54, 1.807) is 19.2 Å². The first kappa shape index (κ1) is 28.3. The molecule has 7 heteroatoms. The fourth-order valence-corrected chi connectivity index (χ4v) is 3.48. The first-order chi connectivity index (χ1) is 17.2. The average molecular weight is 504 g/mol. The third-order valence-corrected chi connectivity index (χ3v) is 5.47. The summed E-state index contributed by atoms with van der Waals surface area (Å²) in [6.45, 7) is 17.0. The van der Waals surface area contributed by atoms with Gasteiger partial charge in [0.15, 0.2) is 5.88 Å². The third kappa shape index (κ3) is 9.01. The molecule has 36 heavy (non-hydrogen) atoms. The lowest BCUT2D eigenvalue weighted by Crippen LogP contribution is -2.20. The second-order valence-electron chi connectivity index (χ2n) is 8.18. The van der Waals surface area contributed by atoms with Crippen molar-refractivity contribution in [3.8, 4) is 17.2 Å². The molecule has 0 aliphatic heterocycles. The second-order valence-corrected chi connectivity index (χ2v) is 8.73. The summed E-state index contributed by atoms with van der Waals surface area (Å²) in [5, 5.41) is 12.8. The van der Waals surface area contributed by atoms with Gasteiger partial charge >= 0.3 is 0 Å². The van der Waals surface area contributed by atoms with Gasteiger partial charge in [-0.2, -0.15) is 5.26 Å². The van der Waals surface area contributed by atoms with Crippen LogP contribution in [-0.2, 0) is 11.3 Å². The predicted molar refractivity (Wildman–Crippen MR) is 150 cm³/mol. The number of unbranched alkanes of at least 4 members (excludes halogenated alkanes) is 1. The number of hydrogen-bond acceptors (Lipinski definition) is 6. The summed E-state index contributed by atoms with van der Waals surface area (Å²) < 4.78 is 5.75. The van der Waals surface area contributed by atoms with Gasteiger partial charge in [-0.25, -0.2) is 4.99 Å². The van der Waals surface area contributed by atoms with Gasteiger partial charge in [0.05, 0.1) is 18.2 Å². The molecule has 0 radical (unpaired) electrons. The molecule has 0 amide bonds. The number of ether oxygens (including phenoxy) is 1. The number of hydrogen-bond donors (Lipinski definition) is 2. The molecule has 0 atom stereocenters. The van der Waals surface area contributed by atoms with Crippen molar-refractivity contribution in [1.29, 1.82) is 5.26 Å². The summed E-state index contributed by atoms with van der Waals surface area (Å²) in [6, 6.07) is 17.9. The fraction of sp³-hybridized carbons (Fsp3) is 0.241. The topological polar surface area (TPSA) is 86.7 Å². The van der Waals surface area contributed by atoms with Crippen molar-refractivity contribution in [3.63, 3.8) is 0 Å². The van der Waals surface area contributed by atoms with Crippen LogP contribution in [0.4, 0.5) is 0 Å². The van der Waals surface area contributed by atoms with Gasteiger partial charge in [-0.05, 0) is 74.4 Å². The van der Waals surface area contributed by atoms with Crippen molar-refractivity contribution < 1.29 is 4.74 Å². The van der Waals surface area contributed by atoms with Crippen molar-refractivity contribution in [3.05, 3.63) is 109 Å². The van der Waals surface area contributed by atoms with Crippen LogP contribution in [0.2, 0.25) is 0 Å². The molecule has 0 aliphatic rings. The van der Waals surface area contributed by atoms with Crippen molar-refractivity contribution >= 4 is 16.8 Å². The smallest absolute Gasteiger partial charge is 0.179 e. The van der Waals surface area contributed by atoms with Crippen LogP contribution >= 0.6 is 11.6 Å². The first-order valence-corrected chi connectivity index (χ1v) is 12.0. The fourth-order valence-electron chi connectivity index (χ4n) is 3.40. The van der Waals surface area contributed by atoms with Crippen LogP contribution in [0, 0.1) is 11.3 Å². The van der Waals surface area contributed by atoms with E-state index in [1.807, 2.05) is 48.2 Å². The van der Waals surface area contributed by atoms with Crippen LogP contribution in [0.1, 0.15) is 37.8 Å². The maximum absolute atomic E-state index is 9.14. The molecule has 0 spiro atoms. The zero-order valence-corrected chi connectivity index (χ0v) is 21.8. The SMILES string of the molecule is C=CN(CCCCOC(=C)NCc1cccc(-c2cccc(C#N)c2)c1)/C(N=C(C)Cl)=C(\C)C(=C)N. The lowest BCUT2D eigenvalue weighted by molar-refractivity contribution is 0.184. The molecule has 0 saturated heterocycles. The minimum Gasteiger partial charge on any atom is -0.480 e. The minimum atomic E-state index is 0.407. The van der Waals surface area contributed by atoms with Crippen LogP contribution in [-0.4, -0.2) is 23.2 Å². The van der Waals surface area contributed by atoms with Gasteiger partial charge < -0.3 is 20.7 Å². The van der Waals surface area contributed by atoms with E-state index in [4.69, 9.17) is 27.3 Å². The summed E-state index contributed by atoms with van der Waals surface area (Å²) >= 11 is 6.00. The van der Waals surface area contributed by atoms with Gasteiger partial charge in [0.1, 0.15) is 11.0 Å². The second kappa shape index (κ2) is 14.4. The zero-order chi connectivity index (χ0) is 26.5. The summed E-state index contributed by atoms with van der Waals surface area (Å²) in [7, 11) is 0. The quantitative estimate of drug-likeness (QED) is 0.135. The van der Waals surface area contributed by atoms with Crippen LogP contribution in [0.25, 0.3) is 11.1 Å². The number of nitrogens with one attached hydrogen (secondary N) is 1. The Kier molecular flexibility index (Phi) is 11.4. The average Bonchev–Trinajstić information content (AvgIpc) is 2.88. The maximum atomic E-state index is 9.14. The molecule has 0 saturated carbocycles. The van der Waals surface area contributed by atoms with Gasteiger partial charge in [-0.15, -0.1) is 0 Å². The maximum Gasteiger partial charge on any atom is 0.179 e. The van der Waals surface area contributed by atoms with Crippen LogP contribution in [0.3, 0.4) is 0 Å². The van der Waals surface area contributed by atoms with Gasteiger partial charge in [-0.1, -0.05) is 55.1 Å². The van der Waals surface area contributed by atoms with Crippen molar-refractivity contribution in [1.82, 2.24) is 10.2 Å². The Labute approximate surface area is 219 Å². The van der Waals surface area contributed by atoms with Gasteiger partial charge in [0, 0.05) is 24.4 Å². The molecule has 188 valence electrons. The van der Waals surface area contributed by atoms with E-state index in [1.165, 1.54) is 0 Å². The van der Waals surface area contributed by atoms with E-state index in [0.717, 1.165) is 35.1 Å². The van der Waals surface area contributed by atoms with E-state index >= 15 is 0 Å². The Morgan fingerprint density at radius 3 is 2.50 bits per heavy atom. The summed E-state index contributed by atoms with van der Waals surface area (Å²) in [5.41, 5.74) is 10.8. The minimum absolute atomic E-state index is 0.407. The predicted octanol–water partition coefficient (Wildman–Crippen LogP) is 6.39. The highest BCUT2D eigenvalue weighted by Gasteiger charge is 2.11. The van der Waals surface area contributed by atoms with Crippen LogP contribution < -0.4 is 11.1 Å². The zero-order valence-electron chi connectivity index (χ0n) is 21.1. The molecule has 2 aromatic rings. The molecule has 3 N–H and O–H groups in total. The van der Waals surface area contributed by atoms with Crippen LogP contribution in [0.15, 0.2) is 102 Å².